The van der Waals surface area contributed by atoms with Gasteiger partial charge < -0.3 is 14.5 Å². The molecular weight excluding hydrogens is 308 g/mol. The van der Waals surface area contributed by atoms with Crippen LogP contribution in [0.1, 0.15) is 29.8 Å². The van der Waals surface area contributed by atoms with E-state index in [4.69, 9.17) is 4.52 Å². The maximum absolute atomic E-state index is 12.4. The van der Waals surface area contributed by atoms with Gasteiger partial charge in [-0.25, -0.2) is 0 Å². The predicted molar refractivity (Wildman–Crippen MR) is 86.9 cm³/mol. The molecule has 1 saturated heterocycles. The van der Waals surface area contributed by atoms with E-state index in [0.717, 1.165) is 18.7 Å². The van der Waals surface area contributed by atoms with E-state index < -0.39 is 6.10 Å². The summed E-state index contributed by atoms with van der Waals surface area (Å²) >= 11 is 0. The van der Waals surface area contributed by atoms with E-state index in [1.165, 1.54) is 0 Å². The summed E-state index contributed by atoms with van der Waals surface area (Å²) in [6.07, 6.45) is -0.634. The normalized spacial score (nSPS) is 17.0. The molecule has 2 aromatic rings. The van der Waals surface area contributed by atoms with Gasteiger partial charge in [0.1, 0.15) is 0 Å². The first-order valence-corrected chi connectivity index (χ1v) is 8.14. The van der Waals surface area contributed by atoms with E-state index >= 15 is 0 Å². The van der Waals surface area contributed by atoms with Crippen molar-refractivity contribution in [3.8, 4) is 0 Å². The van der Waals surface area contributed by atoms with Crippen molar-refractivity contribution in [1.82, 2.24) is 19.9 Å². The summed E-state index contributed by atoms with van der Waals surface area (Å²) in [5.74, 6) is 1.22. The molecule has 0 aliphatic carbocycles. The van der Waals surface area contributed by atoms with Crippen LogP contribution in [0, 0.1) is 6.92 Å². The van der Waals surface area contributed by atoms with E-state index in [1.807, 2.05) is 35.2 Å². The van der Waals surface area contributed by atoms with Gasteiger partial charge in [-0.1, -0.05) is 35.5 Å². The molecule has 2 heterocycles. The van der Waals surface area contributed by atoms with Gasteiger partial charge in [0.05, 0.1) is 19.1 Å². The Kier molecular flexibility index (Phi) is 5.22. The summed E-state index contributed by atoms with van der Waals surface area (Å²) in [6.45, 7) is 5.21. The first-order chi connectivity index (χ1) is 11.6. The lowest BCUT2D eigenvalue weighted by Crippen LogP contribution is -2.48. The fraction of sp³-hybridized carbons (Fsp3) is 0.471. The van der Waals surface area contributed by atoms with E-state index in [-0.39, 0.29) is 12.3 Å². The molecule has 1 aliphatic rings. The Morgan fingerprint density at radius 3 is 2.58 bits per heavy atom. The zero-order valence-corrected chi connectivity index (χ0v) is 13.8. The van der Waals surface area contributed by atoms with Gasteiger partial charge in [-0.05, 0) is 12.5 Å². The van der Waals surface area contributed by atoms with Gasteiger partial charge >= 0.3 is 0 Å². The molecule has 1 amide bonds. The van der Waals surface area contributed by atoms with Crippen LogP contribution in [0.5, 0.6) is 0 Å². The smallest absolute Gasteiger partial charge is 0.240 e. The number of hydrogen-bond acceptors (Lipinski definition) is 6. The van der Waals surface area contributed by atoms with Gasteiger partial charge in [0.25, 0.3) is 0 Å². The Hall–Kier alpha value is -2.25. The van der Waals surface area contributed by atoms with Gasteiger partial charge in [-0.3, -0.25) is 9.69 Å². The second-order valence-corrected chi connectivity index (χ2v) is 6.02. The van der Waals surface area contributed by atoms with Crippen LogP contribution in [-0.4, -0.2) is 57.1 Å². The summed E-state index contributed by atoms with van der Waals surface area (Å²) in [4.78, 5) is 20.5. The maximum Gasteiger partial charge on any atom is 0.240 e. The molecule has 3 rings (SSSR count). The van der Waals surface area contributed by atoms with Crippen molar-refractivity contribution in [3.63, 3.8) is 0 Å². The molecule has 1 aliphatic heterocycles. The van der Waals surface area contributed by atoms with Gasteiger partial charge in [0.15, 0.2) is 5.82 Å². The Labute approximate surface area is 140 Å². The number of amides is 1. The second kappa shape index (κ2) is 7.55. The molecule has 0 spiro atoms. The van der Waals surface area contributed by atoms with Crippen LogP contribution < -0.4 is 0 Å². The zero-order chi connectivity index (χ0) is 16.9. The molecule has 1 aromatic heterocycles. The third kappa shape index (κ3) is 4.18. The lowest BCUT2D eigenvalue weighted by atomic mass is 10.1. The largest absolute Gasteiger partial charge is 0.388 e. The molecule has 7 heteroatoms. The number of carbonyl (C=O) groups is 1. The fourth-order valence-electron chi connectivity index (χ4n) is 2.84. The highest BCUT2D eigenvalue weighted by atomic mass is 16.5. The number of benzene rings is 1. The average Bonchev–Trinajstić information content (AvgIpc) is 3.01. The van der Waals surface area contributed by atoms with E-state index in [0.29, 0.717) is 31.3 Å². The van der Waals surface area contributed by atoms with Gasteiger partial charge in [0.2, 0.25) is 11.8 Å². The molecule has 0 bridgehead atoms. The molecule has 0 saturated carbocycles. The number of aryl methyl sites for hydroxylation is 1. The van der Waals surface area contributed by atoms with E-state index in [1.54, 1.807) is 6.92 Å². The van der Waals surface area contributed by atoms with Crippen molar-refractivity contribution in [1.29, 1.82) is 0 Å². The monoisotopic (exact) mass is 330 g/mol. The molecule has 1 aromatic carbocycles. The number of aliphatic hydroxyl groups is 1. The highest BCUT2D eigenvalue weighted by Gasteiger charge is 2.24. The minimum atomic E-state index is -0.752. The SMILES string of the molecule is Cc1noc(CN2CCN(C(=O)CC(O)c3ccccc3)CC2)n1. The second-order valence-electron chi connectivity index (χ2n) is 6.02. The third-order valence-corrected chi connectivity index (χ3v) is 4.21. The zero-order valence-electron chi connectivity index (χ0n) is 13.8. The van der Waals surface area contributed by atoms with Crippen LogP contribution in [0.4, 0.5) is 0 Å². The summed E-state index contributed by atoms with van der Waals surface area (Å²) in [5, 5.41) is 14.0. The van der Waals surface area contributed by atoms with Crippen LogP contribution >= 0.6 is 0 Å². The number of aliphatic hydroxyl groups excluding tert-OH is 1. The number of rotatable bonds is 5. The predicted octanol–water partition coefficient (Wildman–Crippen LogP) is 1.15. The van der Waals surface area contributed by atoms with E-state index in [9.17, 15) is 9.90 Å². The lowest BCUT2D eigenvalue weighted by molar-refractivity contribution is -0.135. The Bertz CT molecular complexity index is 665. The highest BCUT2D eigenvalue weighted by Crippen LogP contribution is 2.18. The van der Waals surface area contributed by atoms with Gasteiger partial charge in [-0.15, -0.1) is 0 Å². The van der Waals surface area contributed by atoms with Crippen LogP contribution in [0.3, 0.4) is 0 Å². The summed E-state index contributed by atoms with van der Waals surface area (Å²) in [7, 11) is 0. The maximum atomic E-state index is 12.4. The van der Waals surface area contributed by atoms with Crippen LogP contribution in [0.25, 0.3) is 0 Å². The molecular formula is C17H22N4O3. The highest BCUT2D eigenvalue weighted by molar-refractivity contribution is 5.77. The molecule has 128 valence electrons. The van der Waals surface area contributed by atoms with Gasteiger partial charge in [0, 0.05) is 26.2 Å². The van der Waals surface area contributed by atoms with E-state index in [2.05, 4.69) is 15.0 Å². The Morgan fingerprint density at radius 2 is 1.96 bits per heavy atom. The molecule has 7 nitrogen and oxygen atoms in total. The average molecular weight is 330 g/mol. The van der Waals surface area contributed by atoms with Crippen molar-refractivity contribution in [2.45, 2.75) is 26.0 Å². The van der Waals surface area contributed by atoms with Gasteiger partial charge in [-0.2, -0.15) is 4.98 Å². The topological polar surface area (TPSA) is 82.7 Å². The van der Waals surface area contributed by atoms with Crippen molar-refractivity contribution >= 4 is 5.91 Å². The van der Waals surface area contributed by atoms with Crippen molar-refractivity contribution in [2.24, 2.45) is 0 Å². The van der Waals surface area contributed by atoms with Crippen LogP contribution in [0.15, 0.2) is 34.9 Å². The fourth-order valence-corrected chi connectivity index (χ4v) is 2.84. The third-order valence-electron chi connectivity index (χ3n) is 4.21. The van der Waals surface area contributed by atoms with Crippen molar-refractivity contribution < 1.29 is 14.4 Å². The molecule has 1 unspecified atom stereocenters. The summed E-state index contributed by atoms with van der Waals surface area (Å²) in [6, 6.07) is 9.29. The number of aromatic nitrogens is 2. The first-order valence-electron chi connectivity index (χ1n) is 8.14. The minimum absolute atomic E-state index is 0.0142. The number of hydrogen-bond donors (Lipinski definition) is 1. The molecule has 1 N–H and O–H groups in total. The van der Waals surface area contributed by atoms with Crippen molar-refractivity contribution in [3.05, 3.63) is 47.6 Å². The Balaban J connectivity index is 1.46. The quantitative estimate of drug-likeness (QED) is 0.885. The molecule has 1 fully saturated rings. The van der Waals surface area contributed by atoms with Crippen LogP contribution in [-0.2, 0) is 11.3 Å². The first kappa shape index (κ1) is 16.6. The lowest BCUT2D eigenvalue weighted by Gasteiger charge is -2.34. The summed E-state index contributed by atoms with van der Waals surface area (Å²) < 4.78 is 5.13. The number of piperazine rings is 1. The minimum Gasteiger partial charge on any atom is -0.388 e. The molecule has 1 atom stereocenters. The number of nitrogens with zero attached hydrogens (tertiary/aromatic N) is 4. The Morgan fingerprint density at radius 1 is 1.25 bits per heavy atom. The molecule has 24 heavy (non-hydrogen) atoms. The van der Waals surface area contributed by atoms with Crippen molar-refractivity contribution in [2.75, 3.05) is 26.2 Å². The molecule has 0 radical (unpaired) electrons. The number of carbonyl (C=O) groups excluding carboxylic acids is 1. The standard InChI is InChI=1S/C17H22N4O3/c1-13-18-16(24-19-13)12-20-7-9-21(10-8-20)17(23)11-15(22)14-5-3-2-4-6-14/h2-6,15,22H,7-12H2,1H3. The summed E-state index contributed by atoms with van der Waals surface area (Å²) in [5.41, 5.74) is 0.774. The van der Waals surface area contributed by atoms with Crippen LogP contribution in [0.2, 0.25) is 0 Å².